The van der Waals surface area contributed by atoms with Crippen LogP contribution < -0.4 is 4.74 Å². The molecule has 11 heavy (non-hydrogen) atoms. The molecular formula is C7H7N3O. The van der Waals surface area contributed by atoms with Crippen LogP contribution in [0, 0.1) is 18.3 Å². The van der Waals surface area contributed by atoms with Crippen molar-refractivity contribution in [3.63, 3.8) is 0 Å². The van der Waals surface area contributed by atoms with Gasteiger partial charge in [-0.3, -0.25) is 0 Å². The van der Waals surface area contributed by atoms with E-state index in [-0.39, 0.29) is 0 Å². The third kappa shape index (κ3) is 1.64. The lowest BCUT2D eigenvalue weighted by molar-refractivity contribution is 0.395. The minimum Gasteiger partial charge on any atom is -0.481 e. The molecule has 1 rings (SSSR count). The lowest BCUT2D eigenvalue weighted by atomic mass is 10.4. The molecule has 1 heterocycles. The van der Waals surface area contributed by atoms with Gasteiger partial charge < -0.3 is 4.74 Å². The van der Waals surface area contributed by atoms with Crippen molar-refractivity contribution in [2.45, 2.75) is 6.92 Å². The van der Waals surface area contributed by atoms with Crippen LogP contribution in [0.2, 0.25) is 0 Å². The molecule has 0 saturated carbocycles. The summed E-state index contributed by atoms with van der Waals surface area (Å²) in [5, 5.41) is 8.49. The maximum absolute atomic E-state index is 8.49. The Hall–Kier alpha value is -1.63. The smallest absolute Gasteiger partial charge is 0.217 e. The SMILES string of the molecule is COc1cc(C#N)nc(C)n1. The van der Waals surface area contributed by atoms with Gasteiger partial charge in [-0.05, 0) is 6.92 Å². The van der Waals surface area contributed by atoms with Crippen LogP contribution in [0.5, 0.6) is 5.88 Å². The van der Waals surface area contributed by atoms with E-state index in [0.29, 0.717) is 17.4 Å². The summed E-state index contributed by atoms with van der Waals surface area (Å²) in [5.41, 5.74) is 0.328. The first-order valence-electron chi connectivity index (χ1n) is 3.06. The van der Waals surface area contributed by atoms with Crippen LogP contribution in [0.3, 0.4) is 0 Å². The Morgan fingerprint density at radius 2 is 2.27 bits per heavy atom. The monoisotopic (exact) mass is 149 g/mol. The molecule has 0 radical (unpaired) electrons. The Morgan fingerprint density at radius 1 is 1.55 bits per heavy atom. The standard InChI is InChI=1S/C7H7N3O/c1-5-9-6(4-8)3-7(10-5)11-2/h3H,1-2H3. The summed E-state index contributed by atoms with van der Waals surface area (Å²) in [4.78, 5) is 7.76. The Bertz CT molecular complexity index is 303. The van der Waals surface area contributed by atoms with Gasteiger partial charge in [0.2, 0.25) is 5.88 Å². The molecule has 0 amide bonds. The number of rotatable bonds is 1. The van der Waals surface area contributed by atoms with Crippen LogP contribution in [0.1, 0.15) is 11.5 Å². The molecule has 0 N–H and O–H groups in total. The highest BCUT2D eigenvalue weighted by atomic mass is 16.5. The van der Waals surface area contributed by atoms with E-state index in [9.17, 15) is 0 Å². The first-order valence-corrected chi connectivity index (χ1v) is 3.06. The van der Waals surface area contributed by atoms with Crippen molar-refractivity contribution in [3.05, 3.63) is 17.6 Å². The average Bonchev–Trinajstić information content (AvgIpc) is 2.03. The second kappa shape index (κ2) is 2.97. The van der Waals surface area contributed by atoms with E-state index < -0.39 is 0 Å². The molecule has 4 heteroatoms. The van der Waals surface area contributed by atoms with Crippen molar-refractivity contribution in [1.29, 1.82) is 5.26 Å². The van der Waals surface area contributed by atoms with Crippen LogP contribution in [0.15, 0.2) is 6.07 Å². The number of ether oxygens (including phenoxy) is 1. The van der Waals surface area contributed by atoms with Crippen molar-refractivity contribution in [2.75, 3.05) is 7.11 Å². The Balaban J connectivity index is 3.15. The van der Waals surface area contributed by atoms with E-state index in [1.807, 2.05) is 6.07 Å². The molecule has 0 aliphatic rings. The quantitative estimate of drug-likeness (QED) is 0.588. The fraction of sp³-hybridized carbons (Fsp3) is 0.286. The molecule has 4 nitrogen and oxygen atoms in total. The van der Waals surface area contributed by atoms with Crippen LogP contribution in [0.25, 0.3) is 0 Å². The van der Waals surface area contributed by atoms with Gasteiger partial charge in [0.15, 0.2) is 0 Å². The molecular weight excluding hydrogens is 142 g/mol. The summed E-state index contributed by atoms with van der Waals surface area (Å²) in [7, 11) is 1.50. The van der Waals surface area contributed by atoms with Crippen molar-refractivity contribution in [2.24, 2.45) is 0 Å². The molecule has 0 fully saturated rings. The largest absolute Gasteiger partial charge is 0.481 e. The number of nitrogens with zero attached hydrogens (tertiary/aromatic N) is 3. The number of nitriles is 1. The fourth-order valence-corrected chi connectivity index (χ4v) is 0.702. The third-order valence-electron chi connectivity index (χ3n) is 1.14. The number of aromatic nitrogens is 2. The highest BCUT2D eigenvalue weighted by Gasteiger charge is 1.98. The van der Waals surface area contributed by atoms with Gasteiger partial charge in [0, 0.05) is 6.07 Å². The molecule has 0 saturated heterocycles. The van der Waals surface area contributed by atoms with Crippen molar-refractivity contribution in [3.8, 4) is 11.9 Å². The van der Waals surface area contributed by atoms with Crippen molar-refractivity contribution >= 4 is 0 Å². The minimum absolute atomic E-state index is 0.328. The fourth-order valence-electron chi connectivity index (χ4n) is 0.702. The zero-order chi connectivity index (χ0) is 8.27. The molecule has 0 atom stereocenters. The first kappa shape index (κ1) is 7.48. The van der Waals surface area contributed by atoms with E-state index in [4.69, 9.17) is 10.00 Å². The zero-order valence-corrected chi connectivity index (χ0v) is 6.33. The second-order valence-corrected chi connectivity index (χ2v) is 1.95. The molecule has 0 unspecified atom stereocenters. The number of hydrogen-bond donors (Lipinski definition) is 0. The van der Waals surface area contributed by atoms with Crippen molar-refractivity contribution in [1.82, 2.24) is 9.97 Å². The summed E-state index contributed by atoms with van der Waals surface area (Å²) in [5.74, 6) is 0.968. The normalized spacial score (nSPS) is 8.82. The van der Waals surface area contributed by atoms with Crippen LogP contribution >= 0.6 is 0 Å². The summed E-state index contributed by atoms with van der Waals surface area (Å²) in [6.45, 7) is 1.71. The van der Waals surface area contributed by atoms with Gasteiger partial charge in [0.05, 0.1) is 7.11 Å². The van der Waals surface area contributed by atoms with Gasteiger partial charge in [-0.2, -0.15) is 10.2 Å². The summed E-state index contributed by atoms with van der Waals surface area (Å²) >= 11 is 0. The highest BCUT2D eigenvalue weighted by Crippen LogP contribution is 2.06. The molecule has 1 aromatic heterocycles. The molecule has 0 aliphatic carbocycles. The zero-order valence-electron chi connectivity index (χ0n) is 6.33. The van der Waals surface area contributed by atoms with E-state index in [2.05, 4.69) is 9.97 Å². The Morgan fingerprint density at radius 3 is 2.82 bits per heavy atom. The summed E-state index contributed by atoms with van der Waals surface area (Å²) < 4.78 is 4.84. The van der Waals surface area contributed by atoms with Gasteiger partial charge in [-0.1, -0.05) is 0 Å². The first-order chi connectivity index (χ1) is 5.26. The van der Waals surface area contributed by atoms with E-state index in [1.165, 1.54) is 13.2 Å². The summed E-state index contributed by atoms with van der Waals surface area (Å²) in [6.07, 6.45) is 0. The molecule has 56 valence electrons. The predicted molar refractivity (Wildman–Crippen MR) is 38.0 cm³/mol. The van der Waals surface area contributed by atoms with Gasteiger partial charge in [-0.15, -0.1) is 0 Å². The summed E-state index contributed by atoms with van der Waals surface area (Å²) in [6, 6.07) is 3.40. The maximum atomic E-state index is 8.49. The predicted octanol–water partition coefficient (Wildman–Crippen LogP) is 0.665. The molecule has 0 aromatic carbocycles. The van der Waals surface area contributed by atoms with Gasteiger partial charge in [0.25, 0.3) is 0 Å². The molecule has 0 spiro atoms. The van der Waals surface area contributed by atoms with Crippen LogP contribution in [0.4, 0.5) is 0 Å². The van der Waals surface area contributed by atoms with Crippen molar-refractivity contribution < 1.29 is 4.74 Å². The van der Waals surface area contributed by atoms with E-state index in [0.717, 1.165) is 0 Å². The van der Waals surface area contributed by atoms with Crippen LogP contribution in [-0.4, -0.2) is 17.1 Å². The molecule has 0 aliphatic heterocycles. The van der Waals surface area contributed by atoms with Gasteiger partial charge in [-0.25, -0.2) is 4.98 Å². The third-order valence-corrected chi connectivity index (χ3v) is 1.14. The van der Waals surface area contributed by atoms with Gasteiger partial charge >= 0.3 is 0 Å². The van der Waals surface area contributed by atoms with E-state index >= 15 is 0 Å². The van der Waals surface area contributed by atoms with Gasteiger partial charge in [0.1, 0.15) is 17.6 Å². The maximum Gasteiger partial charge on any atom is 0.217 e. The lowest BCUT2D eigenvalue weighted by Gasteiger charge is -1.98. The number of aryl methyl sites for hydroxylation is 1. The molecule has 1 aromatic rings. The number of methoxy groups -OCH3 is 1. The Labute approximate surface area is 64.5 Å². The van der Waals surface area contributed by atoms with E-state index in [1.54, 1.807) is 6.92 Å². The number of hydrogen-bond acceptors (Lipinski definition) is 4. The average molecular weight is 149 g/mol. The lowest BCUT2D eigenvalue weighted by Crippen LogP contribution is -1.95. The highest BCUT2D eigenvalue weighted by molar-refractivity contribution is 5.25. The molecule has 0 bridgehead atoms. The second-order valence-electron chi connectivity index (χ2n) is 1.95. The van der Waals surface area contributed by atoms with Crippen LogP contribution in [-0.2, 0) is 0 Å². The minimum atomic E-state index is 0.328. The Kier molecular flexibility index (Phi) is 2.02. The topological polar surface area (TPSA) is 58.8 Å².